The molecule has 1 aromatic heterocycles. The number of aromatic nitrogens is 1. The number of nitrogens with two attached hydrogens (primary N) is 1. The molecular formula is C19H17N3O2. The molecule has 2 N–H and O–H groups in total. The van der Waals surface area contributed by atoms with Crippen molar-refractivity contribution in [3.8, 4) is 6.07 Å². The van der Waals surface area contributed by atoms with Crippen LogP contribution in [0.5, 0.6) is 0 Å². The number of hydrogen-bond donors (Lipinski definition) is 1. The van der Waals surface area contributed by atoms with Crippen molar-refractivity contribution >= 4 is 22.6 Å². The average Bonchev–Trinajstić information content (AvgIpc) is 2.93. The van der Waals surface area contributed by atoms with E-state index in [2.05, 4.69) is 6.07 Å². The van der Waals surface area contributed by atoms with Crippen molar-refractivity contribution in [1.29, 1.82) is 5.26 Å². The number of benzene rings is 2. The zero-order valence-electron chi connectivity index (χ0n) is 13.3. The van der Waals surface area contributed by atoms with E-state index in [-0.39, 0.29) is 5.97 Å². The molecule has 0 saturated carbocycles. The third-order valence-corrected chi connectivity index (χ3v) is 3.81. The van der Waals surface area contributed by atoms with Gasteiger partial charge in [-0.3, -0.25) is 0 Å². The lowest BCUT2D eigenvalue weighted by Gasteiger charge is -2.11. The van der Waals surface area contributed by atoms with Crippen molar-refractivity contribution in [2.75, 3.05) is 12.3 Å². The Morgan fingerprint density at radius 3 is 2.83 bits per heavy atom. The smallest absolute Gasteiger partial charge is 0.354 e. The van der Waals surface area contributed by atoms with Crippen LogP contribution >= 0.6 is 0 Å². The molecule has 2 aromatic carbocycles. The van der Waals surface area contributed by atoms with Gasteiger partial charge in [0.15, 0.2) is 0 Å². The number of ether oxygens (including phenoxy) is 1. The minimum Gasteiger partial charge on any atom is -0.461 e. The van der Waals surface area contributed by atoms with E-state index in [1.807, 2.05) is 34.9 Å². The molecule has 1 heterocycles. The number of fused-ring (bicyclic) bond motifs is 1. The standard InChI is InChI=1S/C19H17N3O2/c1-2-24-19(23)18-10-15-9-16(21)6-7-17(15)22(18)12-14-5-3-4-13(8-14)11-20/h3-10H,2,12,21H2,1H3. The molecule has 0 aliphatic carbocycles. The molecule has 0 spiro atoms. The third kappa shape index (κ3) is 2.95. The Labute approximate surface area is 139 Å². The fraction of sp³-hybridized carbons (Fsp3) is 0.158. The second-order valence-electron chi connectivity index (χ2n) is 5.47. The Kier molecular flexibility index (Phi) is 4.21. The summed E-state index contributed by atoms with van der Waals surface area (Å²) in [5.74, 6) is -0.372. The summed E-state index contributed by atoms with van der Waals surface area (Å²) < 4.78 is 7.06. The molecule has 3 aromatic rings. The van der Waals surface area contributed by atoms with Crippen LogP contribution in [-0.2, 0) is 11.3 Å². The predicted octanol–water partition coefficient (Wildman–Crippen LogP) is 3.32. The van der Waals surface area contributed by atoms with Gasteiger partial charge in [0.1, 0.15) is 5.69 Å². The van der Waals surface area contributed by atoms with Gasteiger partial charge in [0.2, 0.25) is 0 Å². The summed E-state index contributed by atoms with van der Waals surface area (Å²) in [6.45, 7) is 2.56. The monoisotopic (exact) mass is 319 g/mol. The van der Waals surface area contributed by atoms with Crippen molar-refractivity contribution in [1.82, 2.24) is 4.57 Å². The Morgan fingerprint density at radius 2 is 2.08 bits per heavy atom. The quantitative estimate of drug-likeness (QED) is 0.591. The first-order chi connectivity index (χ1) is 11.6. The zero-order chi connectivity index (χ0) is 17.1. The van der Waals surface area contributed by atoms with E-state index >= 15 is 0 Å². The Bertz CT molecular complexity index is 951. The average molecular weight is 319 g/mol. The summed E-state index contributed by atoms with van der Waals surface area (Å²) in [6.07, 6.45) is 0. The van der Waals surface area contributed by atoms with E-state index < -0.39 is 0 Å². The number of nitriles is 1. The van der Waals surface area contributed by atoms with E-state index in [4.69, 9.17) is 15.7 Å². The number of nitrogen functional groups attached to an aromatic ring is 1. The number of anilines is 1. The molecule has 0 amide bonds. The topological polar surface area (TPSA) is 81.0 Å². The van der Waals surface area contributed by atoms with E-state index in [1.165, 1.54) is 0 Å². The van der Waals surface area contributed by atoms with Gasteiger partial charge in [-0.2, -0.15) is 5.26 Å². The molecule has 120 valence electrons. The van der Waals surface area contributed by atoms with Crippen molar-refractivity contribution < 1.29 is 9.53 Å². The Balaban J connectivity index is 2.11. The van der Waals surface area contributed by atoms with Crippen LogP contribution in [0.1, 0.15) is 28.5 Å². The Morgan fingerprint density at radius 1 is 1.25 bits per heavy atom. The highest BCUT2D eigenvalue weighted by Crippen LogP contribution is 2.24. The first-order valence-corrected chi connectivity index (χ1v) is 7.67. The Hall–Kier alpha value is -3.26. The van der Waals surface area contributed by atoms with Gasteiger partial charge in [-0.25, -0.2) is 4.79 Å². The number of hydrogen-bond acceptors (Lipinski definition) is 4. The van der Waals surface area contributed by atoms with Crippen molar-refractivity contribution in [3.05, 3.63) is 65.4 Å². The summed E-state index contributed by atoms with van der Waals surface area (Å²) in [5, 5.41) is 9.94. The fourth-order valence-corrected chi connectivity index (χ4v) is 2.76. The molecule has 0 unspecified atom stereocenters. The van der Waals surface area contributed by atoms with Crippen LogP contribution in [0.3, 0.4) is 0 Å². The number of carbonyl (C=O) groups excluding carboxylic acids is 1. The summed E-state index contributed by atoms with van der Waals surface area (Å²) in [4.78, 5) is 12.3. The lowest BCUT2D eigenvalue weighted by atomic mass is 10.1. The van der Waals surface area contributed by atoms with Crippen LogP contribution in [0.25, 0.3) is 10.9 Å². The molecular weight excluding hydrogens is 302 g/mol. The van der Waals surface area contributed by atoms with Gasteiger partial charge < -0.3 is 15.0 Å². The molecule has 24 heavy (non-hydrogen) atoms. The van der Waals surface area contributed by atoms with Gasteiger partial charge >= 0.3 is 5.97 Å². The number of esters is 1. The summed E-state index contributed by atoms with van der Waals surface area (Å²) in [6, 6.07) is 16.8. The third-order valence-electron chi connectivity index (χ3n) is 3.81. The van der Waals surface area contributed by atoms with Crippen LogP contribution < -0.4 is 5.73 Å². The first-order valence-electron chi connectivity index (χ1n) is 7.67. The van der Waals surface area contributed by atoms with E-state index in [0.717, 1.165) is 16.5 Å². The van der Waals surface area contributed by atoms with Gasteiger partial charge in [0.05, 0.1) is 18.2 Å². The number of rotatable bonds is 4. The highest BCUT2D eigenvalue weighted by atomic mass is 16.5. The molecule has 0 fully saturated rings. The van der Waals surface area contributed by atoms with Gasteiger partial charge in [-0.05, 0) is 48.9 Å². The lowest BCUT2D eigenvalue weighted by Crippen LogP contribution is -2.13. The molecule has 0 saturated heterocycles. The molecule has 0 aliphatic heterocycles. The SMILES string of the molecule is CCOC(=O)c1cc2cc(N)ccc2n1Cc1cccc(C#N)c1. The molecule has 0 bridgehead atoms. The van der Waals surface area contributed by atoms with Crippen molar-refractivity contribution in [2.45, 2.75) is 13.5 Å². The molecule has 0 atom stereocenters. The van der Waals surface area contributed by atoms with E-state index in [0.29, 0.717) is 30.1 Å². The molecule has 5 heteroatoms. The zero-order valence-corrected chi connectivity index (χ0v) is 13.3. The first kappa shape index (κ1) is 15.6. The summed E-state index contributed by atoms with van der Waals surface area (Å²) >= 11 is 0. The van der Waals surface area contributed by atoms with Gasteiger partial charge in [0, 0.05) is 23.1 Å². The molecule has 3 rings (SSSR count). The number of nitrogens with zero attached hydrogens (tertiary/aromatic N) is 2. The summed E-state index contributed by atoms with van der Waals surface area (Å²) in [5.41, 5.74) is 9.38. The van der Waals surface area contributed by atoms with Crippen molar-refractivity contribution in [3.63, 3.8) is 0 Å². The minimum absolute atomic E-state index is 0.312. The van der Waals surface area contributed by atoms with Crippen LogP contribution in [0.2, 0.25) is 0 Å². The molecule has 5 nitrogen and oxygen atoms in total. The largest absolute Gasteiger partial charge is 0.461 e. The van der Waals surface area contributed by atoms with E-state index in [9.17, 15) is 4.79 Å². The predicted molar refractivity (Wildman–Crippen MR) is 92.6 cm³/mol. The molecule has 0 aliphatic rings. The maximum Gasteiger partial charge on any atom is 0.354 e. The van der Waals surface area contributed by atoms with Gasteiger partial charge in [-0.1, -0.05) is 12.1 Å². The van der Waals surface area contributed by atoms with Crippen LogP contribution in [-0.4, -0.2) is 17.1 Å². The highest BCUT2D eigenvalue weighted by Gasteiger charge is 2.17. The minimum atomic E-state index is -0.372. The van der Waals surface area contributed by atoms with Crippen molar-refractivity contribution in [2.24, 2.45) is 0 Å². The number of carbonyl (C=O) groups is 1. The maximum absolute atomic E-state index is 12.3. The lowest BCUT2D eigenvalue weighted by molar-refractivity contribution is 0.0515. The molecule has 0 radical (unpaired) electrons. The van der Waals surface area contributed by atoms with Gasteiger partial charge in [0.25, 0.3) is 0 Å². The van der Waals surface area contributed by atoms with Gasteiger partial charge in [-0.15, -0.1) is 0 Å². The van der Waals surface area contributed by atoms with E-state index in [1.54, 1.807) is 25.1 Å². The maximum atomic E-state index is 12.3. The highest BCUT2D eigenvalue weighted by molar-refractivity contribution is 5.96. The normalized spacial score (nSPS) is 10.5. The second kappa shape index (κ2) is 6.47. The summed E-state index contributed by atoms with van der Waals surface area (Å²) in [7, 11) is 0. The fourth-order valence-electron chi connectivity index (χ4n) is 2.76. The second-order valence-corrected chi connectivity index (χ2v) is 5.47. The van der Waals surface area contributed by atoms with Crippen LogP contribution in [0.4, 0.5) is 5.69 Å². The van der Waals surface area contributed by atoms with Crippen LogP contribution in [0.15, 0.2) is 48.5 Å². The van der Waals surface area contributed by atoms with Crippen LogP contribution in [0, 0.1) is 11.3 Å².